The normalized spacial score (nSPS) is 10.8. The first-order valence-electron chi connectivity index (χ1n) is 9.57. The molecule has 138 valence electrons. The highest BCUT2D eigenvalue weighted by Crippen LogP contribution is 2.33. The molecular weight excluding hydrogens is 354 g/mol. The highest BCUT2D eigenvalue weighted by molar-refractivity contribution is 5.96. The van der Waals surface area contributed by atoms with Crippen LogP contribution in [-0.2, 0) is 0 Å². The highest BCUT2D eigenvalue weighted by atomic mass is 14.9. The van der Waals surface area contributed by atoms with Gasteiger partial charge in [0, 0.05) is 52.7 Å². The summed E-state index contributed by atoms with van der Waals surface area (Å²) >= 11 is 0. The van der Waals surface area contributed by atoms with Crippen LogP contribution in [0.4, 0.5) is 11.4 Å². The van der Waals surface area contributed by atoms with Crippen LogP contribution in [0.5, 0.6) is 0 Å². The second-order valence-electron chi connectivity index (χ2n) is 6.93. The zero-order valence-corrected chi connectivity index (χ0v) is 15.8. The number of rotatable bonds is 4. The molecule has 5 rings (SSSR count). The highest BCUT2D eigenvalue weighted by Gasteiger charge is 2.08. The van der Waals surface area contributed by atoms with Gasteiger partial charge < -0.3 is 5.32 Å². The minimum atomic E-state index is 1.03. The number of hydrogen-bond donors (Lipinski definition) is 1. The Morgan fingerprint density at radius 3 is 1.86 bits per heavy atom. The van der Waals surface area contributed by atoms with E-state index in [-0.39, 0.29) is 0 Å². The van der Waals surface area contributed by atoms with Gasteiger partial charge >= 0.3 is 0 Å². The lowest BCUT2D eigenvalue weighted by atomic mass is 9.99. The first-order valence-corrected chi connectivity index (χ1v) is 9.57. The van der Waals surface area contributed by atoms with Crippen molar-refractivity contribution in [2.75, 3.05) is 5.32 Å². The van der Waals surface area contributed by atoms with Crippen LogP contribution < -0.4 is 5.32 Å². The molecule has 0 amide bonds. The van der Waals surface area contributed by atoms with E-state index >= 15 is 0 Å². The van der Waals surface area contributed by atoms with Crippen molar-refractivity contribution < 1.29 is 0 Å². The Bertz CT molecular complexity index is 1200. The molecule has 0 aliphatic heterocycles. The molecule has 3 nitrogen and oxygen atoms in total. The standard InChI is InChI=1S/C26H19N3/c1-2-10-25-19(6-1)7-3-11-26(25)29-24-15-22(20-8-4-12-27-17-20)14-23(16-24)21-9-5-13-28-18-21/h1-18,29H. The number of nitrogens with one attached hydrogen (secondary N) is 1. The lowest BCUT2D eigenvalue weighted by molar-refractivity contribution is 1.32. The van der Waals surface area contributed by atoms with Crippen LogP contribution in [0.2, 0.25) is 0 Å². The Morgan fingerprint density at radius 1 is 0.552 bits per heavy atom. The third kappa shape index (κ3) is 3.58. The molecule has 0 atom stereocenters. The Labute approximate surface area is 169 Å². The van der Waals surface area contributed by atoms with Crippen LogP contribution in [0, 0.1) is 0 Å². The zero-order valence-electron chi connectivity index (χ0n) is 15.8. The third-order valence-electron chi connectivity index (χ3n) is 4.99. The number of pyridine rings is 2. The van der Waals surface area contributed by atoms with Crippen LogP contribution >= 0.6 is 0 Å². The molecule has 2 heterocycles. The summed E-state index contributed by atoms with van der Waals surface area (Å²) in [6.07, 6.45) is 7.38. The molecule has 5 aromatic rings. The summed E-state index contributed by atoms with van der Waals surface area (Å²) < 4.78 is 0. The SMILES string of the molecule is c1cncc(-c2cc(Nc3cccc4ccccc34)cc(-c3cccnc3)c2)c1. The smallest absolute Gasteiger partial charge is 0.0463 e. The van der Waals surface area contributed by atoms with E-state index in [2.05, 4.69) is 88.1 Å². The lowest BCUT2D eigenvalue weighted by Gasteiger charge is -2.14. The summed E-state index contributed by atoms with van der Waals surface area (Å²) in [5, 5.41) is 6.04. The quantitative estimate of drug-likeness (QED) is 0.380. The number of nitrogens with zero attached hydrogens (tertiary/aromatic N) is 2. The van der Waals surface area contributed by atoms with Crippen molar-refractivity contribution in [3.8, 4) is 22.3 Å². The molecule has 2 aromatic heterocycles. The maximum atomic E-state index is 4.29. The van der Waals surface area contributed by atoms with Gasteiger partial charge in [-0.05, 0) is 52.9 Å². The van der Waals surface area contributed by atoms with E-state index in [1.54, 1.807) is 12.4 Å². The molecule has 29 heavy (non-hydrogen) atoms. The Hall–Kier alpha value is -3.98. The molecule has 0 unspecified atom stereocenters. The zero-order chi connectivity index (χ0) is 19.5. The van der Waals surface area contributed by atoms with Gasteiger partial charge in [0.1, 0.15) is 0 Å². The Kier molecular flexibility index (Phi) is 4.47. The number of anilines is 2. The summed E-state index contributed by atoms with van der Waals surface area (Å²) in [6, 6.07) is 29.3. The number of aromatic nitrogens is 2. The van der Waals surface area contributed by atoms with Gasteiger partial charge in [0.25, 0.3) is 0 Å². The molecule has 1 N–H and O–H groups in total. The second kappa shape index (κ2) is 7.56. The minimum absolute atomic E-state index is 1.03. The van der Waals surface area contributed by atoms with Crippen LogP contribution in [-0.4, -0.2) is 9.97 Å². The maximum absolute atomic E-state index is 4.29. The average molecular weight is 373 g/mol. The van der Waals surface area contributed by atoms with Crippen LogP contribution in [0.1, 0.15) is 0 Å². The Balaban J connectivity index is 1.64. The van der Waals surface area contributed by atoms with E-state index in [9.17, 15) is 0 Å². The predicted molar refractivity (Wildman–Crippen MR) is 120 cm³/mol. The molecule has 0 aliphatic rings. The molecule has 3 aromatic carbocycles. The van der Waals surface area contributed by atoms with E-state index in [4.69, 9.17) is 0 Å². The number of hydrogen-bond acceptors (Lipinski definition) is 3. The monoisotopic (exact) mass is 373 g/mol. The minimum Gasteiger partial charge on any atom is -0.355 e. The van der Waals surface area contributed by atoms with E-state index in [1.165, 1.54) is 10.8 Å². The van der Waals surface area contributed by atoms with E-state index in [1.807, 2.05) is 24.5 Å². The molecular formula is C26H19N3. The summed E-state index contributed by atoms with van der Waals surface area (Å²) in [5.41, 5.74) is 6.51. The molecule has 0 fully saturated rings. The fourth-order valence-electron chi connectivity index (χ4n) is 3.59. The second-order valence-corrected chi connectivity index (χ2v) is 6.93. The van der Waals surface area contributed by atoms with Crippen molar-refractivity contribution in [1.82, 2.24) is 9.97 Å². The molecule has 0 bridgehead atoms. The van der Waals surface area contributed by atoms with Gasteiger partial charge in [0.2, 0.25) is 0 Å². The predicted octanol–water partition coefficient (Wildman–Crippen LogP) is 6.71. The van der Waals surface area contributed by atoms with Gasteiger partial charge in [-0.25, -0.2) is 0 Å². The topological polar surface area (TPSA) is 37.8 Å². The van der Waals surface area contributed by atoms with Crippen molar-refractivity contribution in [2.45, 2.75) is 0 Å². The van der Waals surface area contributed by atoms with Crippen molar-refractivity contribution in [3.05, 3.63) is 110 Å². The van der Waals surface area contributed by atoms with Crippen molar-refractivity contribution in [2.24, 2.45) is 0 Å². The van der Waals surface area contributed by atoms with E-state index < -0.39 is 0 Å². The van der Waals surface area contributed by atoms with Crippen LogP contribution in [0.25, 0.3) is 33.0 Å². The van der Waals surface area contributed by atoms with Gasteiger partial charge in [-0.2, -0.15) is 0 Å². The van der Waals surface area contributed by atoms with Gasteiger partial charge in [0.05, 0.1) is 0 Å². The van der Waals surface area contributed by atoms with Crippen molar-refractivity contribution in [1.29, 1.82) is 0 Å². The van der Waals surface area contributed by atoms with Gasteiger partial charge in [-0.15, -0.1) is 0 Å². The average Bonchev–Trinajstić information content (AvgIpc) is 2.80. The van der Waals surface area contributed by atoms with E-state index in [0.29, 0.717) is 0 Å². The first-order chi connectivity index (χ1) is 14.4. The fourth-order valence-corrected chi connectivity index (χ4v) is 3.59. The van der Waals surface area contributed by atoms with E-state index in [0.717, 1.165) is 33.6 Å². The summed E-state index contributed by atoms with van der Waals surface area (Å²) in [5.74, 6) is 0. The first kappa shape index (κ1) is 17.1. The van der Waals surface area contributed by atoms with Crippen molar-refractivity contribution >= 4 is 22.1 Å². The molecule has 0 radical (unpaired) electrons. The largest absolute Gasteiger partial charge is 0.355 e. The summed E-state index contributed by atoms with van der Waals surface area (Å²) in [6.45, 7) is 0. The molecule has 0 saturated heterocycles. The van der Waals surface area contributed by atoms with Crippen LogP contribution in [0.3, 0.4) is 0 Å². The Morgan fingerprint density at radius 2 is 1.21 bits per heavy atom. The number of fused-ring (bicyclic) bond motifs is 1. The van der Waals surface area contributed by atoms with Crippen molar-refractivity contribution in [3.63, 3.8) is 0 Å². The number of benzene rings is 3. The molecule has 0 spiro atoms. The van der Waals surface area contributed by atoms with Crippen LogP contribution in [0.15, 0.2) is 110 Å². The summed E-state index contributed by atoms with van der Waals surface area (Å²) in [7, 11) is 0. The summed E-state index contributed by atoms with van der Waals surface area (Å²) in [4.78, 5) is 8.57. The van der Waals surface area contributed by atoms with Gasteiger partial charge in [0.15, 0.2) is 0 Å². The molecule has 0 aliphatic carbocycles. The lowest BCUT2D eigenvalue weighted by Crippen LogP contribution is -1.94. The third-order valence-corrected chi connectivity index (χ3v) is 4.99. The van der Waals surface area contributed by atoms with Gasteiger partial charge in [-0.3, -0.25) is 9.97 Å². The maximum Gasteiger partial charge on any atom is 0.0463 e. The van der Waals surface area contributed by atoms with Gasteiger partial charge in [-0.1, -0.05) is 48.5 Å². The molecule has 3 heteroatoms. The molecule has 0 saturated carbocycles. The fraction of sp³-hybridized carbons (Fsp3) is 0.